The number of ether oxygens (including phenoxy) is 2. The largest absolute Gasteiger partial charge is 0.454 e. The third kappa shape index (κ3) is 4.03. The first-order valence-corrected chi connectivity index (χ1v) is 8.98. The maximum Gasteiger partial charge on any atom is 0.266 e. The van der Waals surface area contributed by atoms with Crippen LogP contribution in [0.2, 0.25) is 0 Å². The van der Waals surface area contributed by atoms with Gasteiger partial charge in [0.1, 0.15) is 0 Å². The molecule has 0 saturated heterocycles. The molecule has 3 aromatic rings. The molecule has 0 radical (unpaired) electrons. The molecule has 1 N–H and O–H groups in total. The van der Waals surface area contributed by atoms with E-state index >= 15 is 0 Å². The summed E-state index contributed by atoms with van der Waals surface area (Å²) in [6, 6.07) is 18.3. The number of nitrogens with one attached hydrogen (secondary N) is 1. The minimum atomic E-state index is -0.250. The van der Waals surface area contributed by atoms with Gasteiger partial charge in [-0.3, -0.25) is 9.59 Å². The number of carbonyl (C=O) groups is 1. The normalized spacial score (nSPS) is 12.0. The number of aryl methyl sites for hydroxylation is 1. The van der Waals surface area contributed by atoms with E-state index in [1.807, 2.05) is 48.5 Å². The third-order valence-corrected chi connectivity index (χ3v) is 4.42. The van der Waals surface area contributed by atoms with E-state index in [1.165, 1.54) is 10.7 Å². The van der Waals surface area contributed by atoms with E-state index < -0.39 is 0 Å². The predicted octanol–water partition coefficient (Wildman–Crippen LogP) is 2.35. The molecule has 0 atom stereocenters. The molecule has 7 heteroatoms. The highest BCUT2D eigenvalue weighted by Gasteiger charge is 2.15. The van der Waals surface area contributed by atoms with Gasteiger partial charge in [-0.05, 0) is 29.8 Å². The van der Waals surface area contributed by atoms with Crippen molar-refractivity contribution in [3.05, 3.63) is 76.6 Å². The molecule has 0 bridgehead atoms. The quantitative estimate of drug-likeness (QED) is 0.713. The lowest BCUT2D eigenvalue weighted by Gasteiger charge is -2.09. The molecule has 1 aliphatic rings. The second-order valence-electron chi connectivity index (χ2n) is 6.36. The number of hydrogen-bond donors (Lipinski definition) is 1. The van der Waals surface area contributed by atoms with Crippen LogP contribution in [-0.4, -0.2) is 22.5 Å². The first kappa shape index (κ1) is 17.8. The molecule has 0 unspecified atom stereocenters. The molecule has 28 heavy (non-hydrogen) atoms. The molecule has 2 heterocycles. The highest BCUT2D eigenvalue weighted by Crippen LogP contribution is 2.35. The topological polar surface area (TPSA) is 82.5 Å². The maximum absolute atomic E-state index is 12.1. The van der Waals surface area contributed by atoms with Gasteiger partial charge in [0.05, 0.1) is 12.2 Å². The van der Waals surface area contributed by atoms with Gasteiger partial charge in [0.15, 0.2) is 11.5 Å². The molecule has 2 aromatic carbocycles. The van der Waals surface area contributed by atoms with Gasteiger partial charge in [-0.2, -0.15) is 5.10 Å². The maximum atomic E-state index is 12.1. The molecule has 7 nitrogen and oxygen atoms in total. The fraction of sp³-hybridized carbons (Fsp3) is 0.190. The number of benzene rings is 2. The summed E-state index contributed by atoms with van der Waals surface area (Å²) in [7, 11) is 0. The molecule has 142 valence electrons. The van der Waals surface area contributed by atoms with E-state index in [0.717, 1.165) is 11.1 Å². The number of rotatable bonds is 6. The van der Waals surface area contributed by atoms with Gasteiger partial charge >= 0.3 is 0 Å². The Labute approximate surface area is 161 Å². The van der Waals surface area contributed by atoms with Crippen LogP contribution in [0.25, 0.3) is 11.3 Å². The monoisotopic (exact) mass is 377 g/mol. The Hall–Kier alpha value is -3.61. The zero-order chi connectivity index (χ0) is 19.3. The number of fused-ring (bicyclic) bond motifs is 1. The third-order valence-electron chi connectivity index (χ3n) is 4.42. The van der Waals surface area contributed by atoms with Crippen molar-refractivity contribution in [2.24, 2.45) is 0 Å². The standard InChI is InChI=1S/C21H19N3O4/c25-20(22-13-15-4-2-1-3-5-15)10-11-24-21(26)9-7-17(23-24)16-6-8-18-19(12-16)28-14-27-18/h1-9,12H,10-11,13-14H2,(H,22,25). The summed E-state index contributed by atoms with van der Waals surface area (Å²) in [6.45, 7) is 0.862. The fourth-order valence-corrected chi connectivity index (χ4v) is 2.91. The van der Waals surface area contributed by atoms with Gasteiger partial charge in [-0.15, -0.1) is 0 Å². The average Bonchev–Trinajstić information content (AvgIpc) is 3.20. The highest BCUT2D eigenvalue weighted by atomic mass is 16.7. The molecular weight excluding hydrogens is 358 g/mol. The van der Waals surface area contributed by atoms with Crippen LogP contribution in [0.3, 0.4) is 0 Å². The summed E-state index contributed by atoms with van der Waals surface area (Å²) in [4.78, 5) is 24.2. The van der Waals surface area contributed by atoms with E-state index in [1.54, 1.807) is 6.07 Å². The van der Waals surface area contributed by atoms with Gasteiger partial charge in [-0.1, -0.05) is 30.3 Å². The number of nitrogens with zero attached hydrogens (tertiary/aromatic N) is 2. The number of amides is 1. The predicted molar refractivity (Wildman–Crippen MR) is 103 cm³/mol. The molecule has 4 rings (SSSR count). The smallest absolute Gasteiger partial charge is 0.266 e. The zero-order valence-corrected chi connectivity index (χ0v) is 15.1. The second kappa shape index (κ2) is 7.96. The molecule has 0 saturated carbocycles. The minimum Gasteiger partial charge on any atom is -0.454 e. The van der Waals surface area contributed by atoms with Crippen LogP contribution >= 0.6 is 0 Å². The van der Waals surface area contributed by atoms with Crippen LogP contribution in [0.15, 0.2) is 65.5 Å². The Morgan fingerprint density at radius 1 is 1.04 bits per heavy atom. The Morgan fingerprint density at radius 2 is 1.86 bits per heavy atom. The zero-order valence-electron chi connectivity index (χ0n) is 15.1. The molecule has 1 aromatic heterocycles. The van der Waals surface area contributed by atoms with E-state index in [4.69, 9.17) is 9.47 Å². The summed E-state index contributed by atoms with van der Waals surface area (Å²) in [5.74, 6) is 1.20. The molecule has 1 aliphatic heterocycles. The summed E-state index contributed by atoms with van der Waals surface area (Å²) >= 11 is 0. The Bertz CT molecular complexity index is 1050. The van der Waals surface area contributed by atoms with E-state index in [-0.39, 0.29) is 31.2 Å². The van der Waals surface area contributed by atoms with Crippen LogP contribution in [-0.2, 0) is 17.9 Å². The lowest BCUT2D eigenvalue weighted by atomic mass is 10.1. The van der Waals surface area contributed by atoms with E-state index in [0.29, 0.717) is 23.7 Å². The molecule has 1 amide bonds. The lowest BCUT2D eigenvalue weighted by Crippen LogP contribution is -2.28. The average molecular weight is 377 g/mol. The number of hydrogen-bond acceptors (Lipinski definition) is 5. The second-order valence-corrected chi connectivity index (χ2v) is 6.36. The van der Waals surface area contributed by atoms with Gasteiger partial charge in [0.2, 0.25) is 12.7 Å². The minimum absolute atomic E-state index is 0.133. The number of carbonyl (C=O) groups excluding carboxylic acids is 1. The molecule has 0 fully saturated rings. The van der Waals surface area contributed by atoms with Gasteiger partial charge < -0.3 is 14.8 Å². The van der Waals surface area contributed by atoms with Crippen molar-refractivity contribution in [1.29, 1.82) is 0 Å². The summed E-state index contributed by atoms with van der Waals surface area (Å²) in [5.41, 5.74) is 2.21. The van der Waals surface area contributed by atoms with Crippen molar-refractivity contribution in [1.82, 2.24) is 15.1 Å². The van der Waals surface area contributed by atoms with Gasteiger partial charge in [0, 0.05) is 24.6 Å². The van der Waals surface area contributed by atoms with Crippen LogP contribution in [0.4, 0.5) is 0 Å². The number of aromatic nitrogens is 2. The van der Waals surface area contributed by atoms with Crippen LogP contribution in [0.5, 0.6) is 11.5 Å². The van der Waals surface area contributed by atoms with Crippen molar-refractivity contribution >= 4 is 5.91 Å². The Morgan fingerprint density at radius 3 is 2.71 bits per heavy atom. The van der Waals surface area contributed by atoms with Crippen molar-refractivity contribution in [2.45, 2.75) is 19.5 Å². The van der Waals surface area contributed by atoms with Crippen molar-refractivity contribution in [2.75, 3.05) is 6.79 Å². The molecule has 0 aliphatic carbocycles. The van der Waals surface area contributed by atoms with E-state index in [2.05, 4.69) is 10.4 Å². The lowest BCUT2D eigenvalue weighted by molar-refractivity contribution is -0.121. The Kier molecular flexibility index (Phi) is 5.05. The summed E-state index contributed by atoms with van der Waals surface area (Å²) in [5, 5.41) is 7.24. The summed E-state index contributed by atoms with van der Waals surface area (Å²) < 4.78 is 12.0. The van der Waals surface area contributed by atoms with Gasteiger partial charge in [-0.25, -0.2) is 4.68 Å². The highest BCUT2D eigenvalue weighted by molar-refractivity contribution is 5.75. The SMILES string of the molecule is O=C(CCn1nc(-c2ccc3c(c2)OCO3)ccc1=O)NCc1ccccc1. The molecular formula is C21H19N3O4. The summed E-state index contributed by atoms with van der Waals surface area (Å²) in [6.07, 6.45) is 0.171. The van der Waals surface area contributed by atoms with Crippen LogP contribution in [0.1, 0.15) is 12.0 Å². The van der Waals surface area contributed by atoms with Crippen molar-refractivity contribution in [3.8, 4) is 22.8 Å². The van der Waals surface area contributed by atoms with Crippen molar-refractivity contribution in [3.63, 3.8) is 0 Å². The van der Waals surface area contributed by atoms with Gasteiger partial charge in [0.25, 0.3) is 5.56 Å². The van der Waals surface area contributed by atoms with E-state index in [9.17, 15) is 9.59 Å². The van der Waals surface area contributed by atoms with Crippen LogP contribution < -0.4 is 20.3 Å². The Balaban J connectivity index is 1.41. The first-order valence-electron chi connectivity index (χ1n) is 8.98. The van der Waals surface area contributed by atoms with Crippen LogP contribution in [0, 0.1) is 0 Å². The molecule has 0 spiro atoms. The van der Waals surface area contributed by atoms with Crippen molar-refractivity contribution < 1.29 is 14.3 Å². The fourth-order valence-electron chi connectivity index (χ4n) is 2.91. The first-order chi connectivity index (χ1) is 13.7.